The van der Waals surface area contributed by atoms with Crippen molar-refractivity contribution < 1.29 is 9.59 Å². The van der Waals surface area contributed by atoms with Crippen molar-refractivity contribution in [3.8, 4) is 0 Å². The molecule has 0 saturated heterocycles. The molecule has 1 aliphatic carbocycles. The molecule has 1 saturated carbocycles. The van der Waals surface area contributed by atoms with Crippen LogP contribution in [0.5, 0.6) is 0 Å². The van der Waals surface area contributed by atoms with Gasteiger partial charge in [-0.25, -0.2) is 4.79 Å². The third-order valence-corrected chi connectivity index (χ3v) is 5.96. The number of thiophene rings is 1. The van der Waals surface area contributed by atoms with E-state index in [1.807, 2.05) is 0 Å². The van der Waals surface area contributed by atoms with Crippen LogP contribution in [0.3, 0.4) is 0 Å². The molecule has 1 aromatic heterocycles. The number of carbonyl (C=O) groups excluding carboxylic acids is 2. The summed E-state index contributed by atoms with van der Waals surface area (Å²) >= 11 is 1.79. The molecule has 2 N–H and O–H groups in total. The molecular weight excluding hydrogens is 310 g/mol. The Balaban J connectivity index is 1.43. The Hall–Kier alpha value is -1.40. The SMILES string of the molecule is C[C@@H]1CCCC[C@@H]1NC(=O)NC(=O)CN1CCc2sccc2C1. The summed E-state index contributed by atoms with van der Waals surface area (Å²) in [5.74, 6) is 0.272. The molecule has 1 aromatic rings. The molecule has 2 heterocycles. The first-order valence-electron chi connectivity index (χ1n) is 8.50. The lowest BCUT2D eigenvalue weighted by Crippen LogP contribution is -2.50. The second kappa shape index (κ2) is 7.45. The van der Waals surface area contributed by atoms with Crippen LogP contribution in [0.1, 0.15) is 43.0 Å². The van der Waals surface area contributed by atoms with Crippen LogP contribution in [0.25, 0.3) is 0 Å². The van der Waals surface area contributed by atoms with Crippen molar-refractivity contribution in [2.45, 2.75) is 51.6 Å². The van der Waals surface area contributed by atoms with Gasteiger partial charge in [-0.1, -0.05) is 19.8 Å². The van der Waals surface area contributed by atoms with E-state index >= 15 is 0 Å². The number of amides is 3. The Labute approximate surface area is 141 Å². The Morgan fingerprint density at radius 3 is 3.00 bits per heavy atom. The van der Waals surface area contributed by atoms with E-state index in [-0.39, 0.29) is 24.5 Å². The molecule has 2 atom stereocenters. The van der Waals surface area contributed by atoms with Gasteiger partial charge in [0.05, 0.1) is 6.54 Å². The van der Waals surface area contributed by atoms with Crippen molar-refractivity contribution in [1.29, 1.82) is 0 Å². The predicted molar refractivity (Wildman–Crippen MR) is 91.4 cm³/mol. The standard InChI is InChI=1S/C17H25N3O2S/c1-12-4-2-3-5-14(12)18-17(22)19-16(21)11-20-8-6-15-13(10-20)7-9-23-15/h7,9,12,14H,2-6,8,10-11H2,1H3,(H2,18,19,21,22)/t12-,14+/m1/s1. The summed E-state index contributed by atoms with van der Waals surface area (Å²) in [6, 6.07) is 1.98. The number of nitrogens with zero attached hydrogens (tertiary/aromatic N) is 1. The lowest BCUT2D eigenvalue weighted by atomic mass is 9.86. The van der Waals surface area contributed by atoms with Gasteiger partial charge in [-0.15, -0.1) is 11.3 Å². The minimum Gasteiger partial charge on any atom is -0.335 e. The van der Waals surface area contributed by atoms with Crippen LogP contribution >= 0.6 is 11.3 Å². The highest BCUT2D eigenvalue weighted by molar-refractivity contribution is 7.10. The molecule has 0 spiro atoms. The first-order valence-corrected chi connectivity index (χ1v) is 9.37. The maximum Gasteiger partial charge on any atom is 0.321 e. The summed E-state index contributed by atoms with van der Waals surface area (Å²) in [5, 5.41) is 7.55. The first kappa shape index (κ1) is 16.5. The smallest absolute Gasteiger partial charge is 0.321 e. The van der Waals surface area contributed by atoms with Gasteiger partial charge >= 0.3 is 6.03 Å². The Kier molecular flexibility index (Phi) is 5.33. The largest absolute Gasteiger partial charge is 0.335 e. The van der Waals surface area contributed by atoms with Gasteiger partial charge in [0.1, 0.15) is 0 Å². The van der Waals surface area contributed by atoms with E-state index in [0.29, 0.717) is 5.92 Å². The number of rotatable bonds is 3. The molecule has 1 fully saturated rings. The average Bonchev–Trinajstić information content (AvgIpc) is 2.97. The molecule has 3 amide bonds. The lowest BCUT2D eigenvalue weighted by molar-refractivity contribution is -0.121. The number of fused-ring (bicyclic) bond motifs is 1. The molecule has 0 bridgehead atoms. The van der Waals surface area contributed by atoms with Gasteiger partial charge in [-0.2, -0.15) is 0 Å². The van der Waals surface area contributed by atoms with Crippen LogP contribution in [0.15, 0.2) is 11.4 Å². The Morgan fingerprint density at radius 1 is 1.35 bits per heavy atom. The van der Waals surface area contributed by atoms with Crippen molar-refractivity contribution >= 4 is 23.3 Å². The normalized spacial score (nSPS) is 24.7. The van der Waals surface area contributed by atoms with Crippen molar-refractivity contribution in [3.05, 3.63) is 21.9 Å². The summed E-state index contributed by atoms with van der Waals surface area (Å²) in [4.78, 5) is 27.6. The monoisotopic (exact) mass is 335 g/mol. The number of imide groups is 1. The molecule has 3 rings (SSSR count). The molecule has 23 heavy (non-hydrogen) atoms. The number of hydrogen-bond donors (Lipinski definition) is 2. The van der Waals surface area contributed by atoms with Crippen LogP contribution in [0, 0.1) is 5.92 Å². The van der Waals surface area contributed by atoms with Crippen molar-refractivity contribution in [2.75, 3.05) is 13.1 Å². The highest BCUT2D eigenvalue weighted by atomic mass is 32.1. The predicted octanol–water partition coefficient (Wildman–Crippen LogP) is 2.51. The number of carbonyl (C=O) groups is 2. The Bertz CT molecular complexity index is 572. The van der Waals surface area contributed by atoms with Gasteiger partial charge in [-0.3, -0.25) is 15.0 Å². The van der Waals surface area contributed by atoms with Gasteiger partial charge in [0, 0.05) is 24.0 Å². The van der Waals surface area contributed by atoms with Gasteiger partial charge in [-0.05, 0) is 42.2 Å². The molecule has 0 radical (unpaired) electrons. The van der Waals surface area contributed by atoms with E-state index in [9.17, 15) is 9.59 Å². The highest BCUT2D eigenvalue weighted by Gasteiger charge is 2.24. The van der Waals surface area contributed by atoms with Crippen LogP contribution in [0.2, 0.25) is 0 Å². The fourth-order valence-electron chi connectivity index (χ4n) is 3.55. The summed E-state index contributed by atoms with van der Waals surface area (Å²) in [7, 11) is 0. The van der Waals surface area contributed by atoms with Gasteiger partial charge < -0.3 is 5.32 Å². The molecule has 1 aliphatic heterocycles. The molecular formula is C17H25N3O2S. The summed E-state index contributed by atoms with van der Waals surface area (Å²) in [6.45, 7) is 4.12. The average molecular weight is 335 g/mol. The van der Waals surface area contributed by atoms with Crippen LogP contribution in [-0.2, 0) is 17.8 Å². The number of urea groups is 1. The molecule has 6 heteroatoms. The topological polar surface area (TPSA) is 61.4 Å². The second-order valence-corrected chi connectivity index (χ2v) is 7.72. The van der Waals surface area contributed by atoms with Gasteiger partial charge in [0.25, 0.3) is 0 Å². The van der Waals surface area contributed by atoms with E-state index < -0.39 is 0 Å². The highest BCUT2D eigenvalue weighted by Crippen LogP contribution is 2.24. The zero-order valence-corrected chi connectivity index (χ0v) is 14.5. The van der Waals surface area contributed by atoms with Crippen LogP contribution < -0.4 is 10.6 Å². The maximum absolute atomic E-state index is 12.1. The Morgan fingerprint density at radius 2 is 2.17 bits per heavy atom. The van der Waals surface area contributed by atoms with E-state index in [1.54, 1.807) is 11.3 Å². The van der Waals surface area contributed by atoms with Crippen molar-refractivity contribution in [2.24, 2.45) is 5.92 Å². The first-order chi connectivity index (χ1) is 11.1. The van der Waals surface area contributed by atoms with E-state index in [0.717, 1.165) is 38.8 Å². The van der Waals surface area contributed by atoms with Crippen LogP contribution in [-0.4, -0.2) is 36.0 Å². The molecule has 0 unspecified atom stereocenters. The van der Waals surface area contributed by atoms with E-state index in [2.05, 4.69) is 33.9 Å². The van der Waals surface area contributed by atoms with Crippen LogP contribution in [0.4, 0.5) is 4.79 Å². The third-order valence-electron chi connectivity index (χ3n) is 4.93. The molecule has 0 aromatic carbocycles. The zero-order valence-electron chi connectivity index (χ0n) is 13.6. The van der Waals surface area contributed by atoms with E-state index in [1.165, 1.54) is 16.9 Å². The summed E-state index contributed by atoms with van der Waals surface area (Å²) in [5.41, 5.74) is 1.31. The lowest BCUT2D eigenvalue weighted by Gasteiger charge is -2.29. The summed E-state index contributed by atoms with van der Waals surface area (Å²) in [6.07, 6.45) is 5.54. The quantitative estimate of drug-likeness (QED) is 0.892. The number of nitrogens with one attached hydrogen (secondary N) is 2. The zero-order chi connectivity index (χ0) is 16.2. The van der Waals surface area contributed by atoms with Gasteiger partial charge in [0.15, 0.2) is 0 Å². The van der Waals surface area contributed by atoms with Crippen molar-refractivity contribution in [1.82, 2.24) is 15.5 Å². The summed E-state index contributed by atoms with van der Waals surface area (Å²) < 4.78 is 0. The van der Waals surface area contributed by atoms with Gasteiger partial charge in [0.2, 0.25) is 5.91 Å². The number of hydrogen-bond acceptors (Lipinski definition) is 4. The fourth-order valence-corrected chi connectivity index (χ4v) is 4.44. The minimum absolute atomic E-state index is 0.194. The second-order valence-electron chi connectivity index (χ2n) is 6.72. The molecule has 126 valence electrons. The third kappa shape index (κ3) is 4.32. The fraction of sp³-hybridized carbons (Fsp3) is 0.647. The molecule has 5 nitrogen and oxygen atoms in total. The maximum atomic E-state index is 12.1. The van der Waals surface area contributed by atoms with E-state index in [4.69, 9.17) is 0 Å². The molecule has 2 aliphatic rings. The van der Waals surface area contributed by atoms with Crippen molar-refractivity contribution in [3.63, 3.8) is 0 Å². The minimum atomic E-state index is -0.345.